The molecule has 0 bridgehead atoms. The van der Waals surface area contributed by atoms with E-state index in [1.165, 1.54) is 11.3 Å². The molecule has 1 aromatic rings. The van der Waals surface area contributed by atoms with Gasteiger partial charge in [0, 0.05) is 17.5 Å². The van der Waals surface area contributed by atoms with Gasteiger partial charge in [0.15, 0.2) is 9.84 Å². The molecule has 0 spiro atoms. The van der Waals surface area contributed by atoms with E-state index in [4.69, 9.17) is 5.11 Å². The highest BCUT2D eigenvalue weighted by Gasteiger charge is 2.31. The maximum absolute atomic E-state index is 11.7. The zero-order chi connectivity index (χ0) is 13.2. The second-order valence-corrected chi connectivity index (χ2v) is 8.05. The normalized spacial score (nSPS) is 22.1. The van der Waals surface area contributed by atoms with Gasteiger partial charge in [0.25, 0.3) is 0 Å². The van der Waals surface area contributed by atoms with E-state index in [1.807, 2.05) is 0 Å². The lowest BCUT2D eigenvalue weighted by Gasteiger charge is -2.05. The summed E-state index contributed by atoms with van der Waals surface area (Å²) in [6.07, 6.45) is 4.13. The number of aromatic nitrogens is 1. The Kier molecular flexibility index (Phi) is 4.01. The van der Waals surface area contributed by atoms with Crippen LogP contribution in [0.1, 0.15) is 29.1 Å². The fraction of sp³-hybridized carbons (Fsp3) is 0.636. The first-order chi connectivity index (χ1) is 8.47. The molecule has 1 aromatic heterocycles. The van der Waals surface area contributed by atoms with Crippen LogP contribution in [0.2, 0.25) is 0 Å². The lowest BCUT2D eigenvalue weighted by atomic mass is 10.2. The van der Waals surface area contributed by atoms with Crippen LogP contribution in [0.3, 0.4) is 0 Å². The molecule has 0 saturated carbocycles. The van der Waals surface area contributed by atoms with Crippen molar-refractivity contribution in [2.45, 2.75) is 37.4 Å². The van der Waals surface area contributed by atoms with Crippen LogP contribution in [0.5, 0.6) is 0 Å². The van der Waals surface area contributed by atoms with Crippen LogP contribution >= 0.6 is 11.3 Å². The minimum Gasteiger partial charge on any atom is -0.481 e. The Hall–Kier alpha value is -0.950. The average molecular weight is 289 g/mol. The van der Waals surface area contributed by atoms with Gasteiger partial charge in [-0.25, -0.2) is 13.4 Å². The first-order valence-corrected chi connectivity index (χ1v) is 8.37. The molecule has 100 valence electrons. The molecule has 1 unspecified atom stereocenters. The van der Waals surface area contributed by atoms with Gasteiger partial charge in [-0.05, 0) is 19.3 Å². The molecule has 0 aliphatic carbocycles. The van der Waals surface area contributed by atoms with Gasteiger partial charge < -0.3 is 5.11 Å². The van der Waals surface area contributed by atoms with Gasteiger partial charge in [0.2, 0.25) is 0 Å². The number of aliphatic carboxylic acids is 1. The molecule has 18 heavy (non-hydrogen) atoms. The number of thiazole rings is 1. The quantitative estimate of drug-likeness (QED) is 0.882. The molecular weight excluding hydrogens is 274 g/mol. The molecule has 1 saturated heterocycles. The summed E-state index contributed by atoms with van der Waals surface area (Å²) in [5.74, 6) is -0.544. The number of hydrogen-bond donors (Lipinski definition) is 1. The standard InChI is InChI=1S/C11H15NO4S2/c13-11(14)4-3-8-7-12-10(17-8)6-9-2-1-5-18(9,15)16/h7,9H,1-6H2,(H,13,14). The van der Waals surface area contributed by atoms with Crippen LogP contribution in [0.4, 0.5) is 0 Å². The first kappa shape index (κ1) is 13.5. The van der Waals surface area contributed by atoms with Gasteiger partial charge >= 0.3 is 5.97 Å². The predicted molar refractivity (Wildman–Crippen MR) is 68.6 cm³/mol. The number of nitrogens with zero attached hydrogens (tertiary/aromatic N) is 1. The third kappa shape index (κ3) is 3.29. The molecule has 1 N–H and O–H groups in total. The van der Waals surface area contributed by atoms with Gasteiger partial charge in [0.1, 0.15) is 0 Å². The first-order valence-electron chi connectivity index (χ1n) is 5.84. The van der Waals surface area contributed by atoms with Gasteiger partial charge in [-0.2, -0.15) is 0 Å². The summed E-state index contributed by atoms with van der Waals surface area (Å²) >= 11 is 1.42. The summed E-state index contributed by atoms with van der Waals surface area (Å²) in [6.45, 7) is 0. The average Bonchev–Trinajstić information content (AvgIpc) is 2.84. The van der Waals surface area contributed by atoms with Crippen molar-refractivity contribution >= 4 is 27.1 Å². The second kappa shape index (κ2) is 5.36. The minimum atomic E-state index is -2.93. The molecule has 1 aliphatic rings. The molecule has 1 fully saturated rings. The van der Waals surface area contributed by atoms with Crippen molar-refractivity contribution in [2.75, 3.05) is 5.75 Å². The zero-order valence-corrected chi connectivity index (χ0v) is 11.5. The van der Waals surface area contributed by atoms with E-state index in [1.54, 1.807) is 6.20 Å². The number of aryl methyl sites for hydroxylation is 1. The molecule has 0 amide bonds. The molecular formula is C11H15NO4S2. The van der Waals surface area contributed by atoms with Gasteiger partial charge in [-0.1, -0.05) is 0 Å². The van der Waals surface area contributed by atoms with Crippen molar-refractivity contribution in [3.05, 3.63) is 16.1 Å². The fourth-order valence-corrected chi connectivity index (χ4v) is 5.02. The van der Waals surface area contributed by atoms with E-state index in [2.05, 4.69) is 4.98 Å². The Balaban J connectivity index is 1.96. The van der Waals surface area contributed by atoms with Gasteiger partial charge in [0.05, 0.1) is 22.4 Å². The lowest BCUT2D eigenvalue weighted by Crippen LogP contribution is -2.18. The summed E-state index contributed by atoms with van der Waals surface area (Å²) in [4.78, 5) is 15.5. The van der Waals surface area contributed by atoms with E-state index in [0.29, 0.717) is 19.3 Å². The third-order valence-electron chi connectivity index (χ3n) is 3.05. The van der Waals surface area contributed by atoms with Crippen molar-refractivity contribution in [2.24, 2.45) is 0 Å². The highest BCUT2D eigenvalue weighted by Crippen LogP contribution is 2.25. The Morgan fingerprint density at radius 3 is 2.94 bits per heavy atom. The van der Waals surface area contributed by atoms with Crippen molar-refractivity contribution in [1.82, 2.24) is 4.98 Å². The number of sulfone groups is 1. The molecule has 7 heteroatoms. The summed E-state index contributed by atoms with van der Waals surface area (Å²) < 4.78 is 23.4. The molecule has 1 aliphatic heterocycles. The number of carbonyl (C=O) groups is 1. The van der Waals surface area contributed by atoms with E-state index in [9.17, 15) is 13.2 Å². The van der Waals surface area contributed by atoms with Gasteiger partial charge in [-0.15, -0.1) is 11.3 Å². The summed E-state index contributed by atoms with van der Waals surface area (Å²) in [7, 11) is -2.93. The molecule has 2 heterocycles. The van der Waals surface area contributed by atoms with Crippen LogP contribution in [-0.4, -0.2) is 35.5 Å². The topological polar surface area (TPSA) is 84.3 Å². The Morgan fingerprint density at radius 1 is 1.56 bits per heavy atom. The maximum atomic E-state index is 11.7. The van der Waals surface area contributed by atoms with Crippen LogP contribution in [0.25, 0.3) is 0 Å². The predicted octanol–water partition coefficient (Wildman–Crippen LogP) is 1.28. The van der Waals surface area contributed by atoms with Crippen molar-refractivity contribution in [3.8, 4) is 0 Å². The van der Waals surface area contributed by atoms with Crippen molar-refractivity contribution in [3.63, 3.8) is 0 Å². The Labute approximate surface area is 110 Å². The van der Waals surface area contributed by atoms with E-state index < -0.39 is 15.8 Å². The zero-order valence-electron chi connectivity index (χ0n) is 9.83. The van der Waals surface area contributed by atoms with Crippen LogP contribution in [-0.2, 0) is 27.5 Å². The number of carboxylic acids is 1. The molecule has 0 radical (unpaired) electrons. The second-order valence-electron chi connectivity index (χ2n) is 4.45. The van der Waals surface area contributed by atoms with Crippen LogP contribution < -0.4 is 0 Å². The number of carboxylic acid groups (broad SMARTS) is 1. The monoisotopic (exact) mass is 289 g/mol. The fourth-order valence-electron chi connectivity index (χ4n) is 2.07. The Bertz CT molecular complexity index is 535. The number of hydrogen-bond acceptors (Lipinski definition) is 5. The summed E-state index contributed by atoms with van der Waals surface area (Å²) in [6, 6.07) is 0. The molecule has 0 aromatic carbocycles. The highest BCUT2D eigenvalue weighted by atomic mass is 32.2. The Morgan fingerprint density at radius 2 is 2.33 bits per heavy atom. The van der Waals surface area contributed by atoms with Crippen molar-refractivity contribution in [1.29, 1.82) is 0 Å². The van der Waals surface area contributed by atoms with E-state index in [0.717, 1.165) is 16.3 Å². The maximum Gasteiger partial charge on any atom is 0.303 e. The van der Waals surface area contributed by atoms with Crippen LogP contribution in [0.15, 0.2) is 6.20 Å². The molecule has 2 rings (SSSR count). The van der Waals surface area contributed by atoms with Gasteiger partial charge in [-0.3, -0.25) is 4.79 Å². The summed E-state index contributed by atoms with van der Waals surface area (Å²) in [5.41, 5.74) is 0. The SMILES string of the molecule is O=C(O)CCc1cnc(CC2CCCS2(=O)=O)s1. The smallest absolute Gasteiger partial charge is 0.303 e. The van der Waals surface area contributed by atoms with Crippen molar-refractivity contribution < 1.29 is 18.3 Å². The van der Waals surface area contributed by atoms with E-state index in [-0.39, 0.29) is 17.4 Å². The number of rotatable bonds is 5. The minimum absolute atomic E-state index is 0.0867. The third-order valence-corrected chi connectivity index (χ3v) is 6.41. The summed E-state index contributed by atoms with van der Waals surface area (Å²) in [5, 5.41) is 9.09. The molecule has 5 nitrogen and oxygen atoms in total. The highest BCUT2D eigenvalue weighted by molar-refractivity contribution is 7.92. The van der Waals surface area contributed by atoms with E-state index >= 15 is 0 Å². The lowest BCUT2D eigenvalue weighted by molar-refractivity contribution is -0.136. The van der Waals surface area contributed by atoms with Crippen LogP contribution in [0, 0.1) is 0 Å². The molecule has 1 atom stereocenters. The largest absolute Gasteiger partial charge is 0.481 e.